The fourth-order valence-corrected chi connectivity index (χ4v) is 9.09. The summed E-state index contributed by atoms with van der Waals surface area (Å²) in [6.45, 7) is 0.338. The van der Waals surface area contributed by atoms with Gasteiger partial charge in [0.1, 0.15) is 0 Å². The molecule has 0 amide bonds. The van der Waals surface area contributed by atoms with E-state index in [1.807, 2.05) is 22.7 Å². The van der Waals surface area contributed by atoms with Crippen LogP contribution in [-0.2, 0) is 0 Å². The molecule has 4 aromatic carbocycles. The van der Waals surface area contributed by atoms with Crippen LogP contribution in [-0.4, -0.2) is 15.8 Å². The second kappa shape index (κ2) is 6.57. The number of nitrogens with zero attached hydrogens (tertiary/aromatic N) is 2. The quantitative estimate of drug-likeness (QED) is 0.161. The minimum absolute atomic E-state index is 0.305. The van der Waals surface area contributed by atoms with Gasteiger partial charge in [-0.2, -0.15) is 0 Å². The van der Waals surface area contributed by atoms with E-state index in [1.54, 1.807) is 0 Å². The summed E-state index contributed by atoms with van der Waals surface area (Å²) >= 11 is 3.87. The fourth-order valence-electron chi connectivity index (χ4n) is 6.76. The van der Waals surface area contributed by atoms with Gasteiger partial charge < -0.3 is 9.13 Å². The highest BCUT2D eigenvalue weighted by molar-refractivity contribution is 7.27. The molecule has 2 aromatic heterocycles. The van der Waals surface area contributed by atoms with Gasteiger partial charge in [-0.1, -0.05) is 66.8 Å². The molecule has 6 aromatic rings. The van der Waals surface area contributed by atoms with Gasteiger partial charge >= 0.3 is 0 Å². The maximum absolute atomic E-state index is 2.65. The molecule has 0 saturated heterocycles. The molecule has 164 valence electrons. The summed E-state index contributed by atoms with van der Waals surface area (Å²) in [5, 5.41) is 0. The van der Waals surface area contributed by atoms with Gasteiger partial charge in [0.05, 0.1) is 46.9 Å². The highest BCUT2D eigenvalue weighted by Gasteiger charge is 2.45. The maximum atomic E-state index is 2.65. The Hall–Kier alpha value is -3.54. The second-order valence-corrected chi connectivity index (χ2v) is 11.9. The first-order valence-electron chi connectivity index (χ1n) is 12.2. The lowest BCUT2D eigenvalue weighted by Gasteiger charge is -2.42. The van der Waals surface area contributed by atoms with Crippen molar-refractivity contribution in [3.05, 3.63) is 103 Å². The Balaban J connectivity index is 1.63. The van der Waals surface area contributed by atoms with Gasteiger partial charge in [0.25, 0.3) is 0 Å². The van der Waals surface area contributed by atoms with E-state index in [2.05, 4.69) is 112 Å². The van der Waals surface area contributed by atoms with E-state index in [9.17, 15) is 0 Å². The van der Waals surface area contributed by atoms with Crippen molar-refractivity contribution >= 4 is 81.2 Å². The molecule has 9 rings (SSSR count). The number of rotatable bonds is 0. The third kappa shape index (κ3) is 2.26. The molecule has 2 aliphatic heterocycles. The van der Waals surface area contributed by atoms with Gasteiger partial charge in [-0.25, -0.2) is 0 Å². The van der Waals surface area contributed by atoms with E-state index < -0.39 is 0 Å². The van der Waals surface area contributed by atoms with Crippen LogP contribution in [0.15, 0.2) is 103 Å². The molecular formula is C30H19BN2S2. The lowest BCUT2D eigenvalue weighted by atomic mass is 9.30. The number of hydrogen-bond acceptors (Lipinski definition) is 2. The predicted molar refractivity (Wildman–Crippen MR) is 153 cm³/mol. The van der Waals surface area contributed by atoms with Crippen LogP contribution < -0.4 is 10.9 Å². The first-order chi connectivity index (χ1) is 17.4. The van der Waals surface area contributed by atoms with E-state index in [0.717, 1.165) is 0 Å². The lowest BCUT2D eigenvalue weighted by Crippen LogP contribution is -2.56. The Morgan fingerprint density at radius 2 is 1.34 bits per heavy atom. The summed E-state index contributed by atoms with van der Waals surface area (Å²) in [7, 11) is 0. The lowest BCUT2D eigenvalue weighted by molar-refractivity contribution is 0.633. The van der Waals surface area contributed by atoms with Crippen LogP contribution in [0.4, 0.5) is 0 Å². The summed E-state index contributed by atoms with van der Waals surface area (Å²) in [5.74, 6) is 0.383. The zero-order chi connectivity index (χ0) is 22.7. The van der Waals surface area contributed by atoms with Crippen LogP contribution in [0.25, 0.3) is 46.6 Å². The molecule has 0 saturated carbocycles. The first kappa shape index (κ1) is 18.8. The molecule has 5 heteroatoms. The fraction of sp³-hybridized carbons (Fsp3) is 0.0667. The van der Waals surface area contributed by atoms with Crippen molar-refractivity contribution in [3.63, 3.8) is 0 Å². The van der Waals surface area contributed by atoms with Crippen molar-refractivity contribution < 1.29 is 0 Å². The molecule has 2 unspecified atom stereocenters. The molecule has 0 fully saturated rings. The van der Waals surface area contributed by atoms with Crippen LogP contribution in [0.2, 0.25) is 5.82 Å². The van der Waals surface area contributed by atoms with Gasteiger partial charge in [0.2, 0.25) is 6.71 Å². The number of fused-ring (bicyclic) bond motifs is 10. The topological polar surface area (TPSA) is 9.86 Å². The predicted octanol–water partition coefficient (Wildman–Crippen LogP) is 7.11. The van der Waals surface area contributed by atoms with Crippen molar-refractivity contribution in [3.8, 4) is 5.69 Å². The molecule has 0 bridgehead atoms. The van der Waals surface area contributed by atoms with E-state index in [-0.39, 0.29) is 0 Å². The van der Waals surface area contributed by atoms with Gasteiger partial charge in [0, 0.05) is 5.69 Å². The zero-order valence-corrected chi connectivity index (χ0v) is 20.4. The van der Waals surface area contributed by atoms with Crippen molar-refractivity contribution in [1.82, 2.24) is 9.13 Å². The largest absolute Gasteiger partial charge is 0.333 e. The number of para-hydroxylation sites is 3. The molecule has 2 nitrogen and oxygen atoms in total. The minimum Gasteiger partial charge on any atom is -0.333 e. The Kier molecular flexibility index (Phi) is 3.52. The Labute approximate surface area is 210 Å². The zero-order valence-electron chi connectivity index (χ0n) is 18.8. The van der Waals surface area contributed by atoms with E-state index in [4.69, 9.17) is 0 Å². The Morgan fingerprint density at radius 1 is 0.657 bits per heavy atom. The van der Waals surface area contributed by atoms with Crippen LogP contribution in [0.3, 0.4) is 0 Å². The molecule has 2 atom stereocenters. The smallest absolute Gasteiger partial charge is 0.226 e. The Morgan fingerprint density at radius 3 is 2.23 bits per heavy atom. The van der Waals surface area contributed by atoms with Crippen LogP contribution in [0.5, 0.6) is 0 Å². The third-order valence-corrected chi connectivity index (χ3v) is 10.2. The molecule has 35 heavy (non-hydrogen) atoms. The minimum atomic E-state index is 0.305. The Bertz CT molecular complexity index is 1990. The summed E-state index contributed by atoms with van der Waals surface area (Å²) in [4.78, 5) is 0. The summed E-state index contributed by atoms with van der Waals surface area (Å²) in [6.07, 6.45) is 9.37. The maximum Gasteiger partial charge on any atom is 0.226 e. The molecule has 0 spiro atoms. The van der Waals surface area contributed by atoms with Crippen LogP contribution in [0, 0.1) is 0 Å². The number of hydrogen-bond donors (Lipinski definition) is 0. The number of benzene rings is 4. The number of allylic oxidation sites excluding steroid dienone is 4. The van der Waals surface area contributed by atoms with E-state index >= 15 is 0 Å². The van der Waals surface area contributed by atoms with Gasteiger partial charge in [0.15, 0.2) is 0 Å². The van der Waals surface area contributed by atoms with Gasteiger partial charge in [-0.05, 0) is 53.1 Å². The van der Waals surface area contributed by atoms with E-state index in [0.29, 0.717) is 18.6 Å². The molecule has 1 aliphatic carbocycles. The third-order valence-electron chi connectivity index (χ3n) is 8.03. The molecule has 4 heterocycles. The van der Waals surface area contributed by atoms with Crippen molar-refractivity contribution in [1.29, 1.82) is 0 Å². The van der Waals surface area contributed by atoms with Gasteiger partial charge in [-0.3, -0.25) is 0 Å². The summed E-state index contributed by atoms with van der Waals surface area (Å²) in [5.41, 5.74) is 9.71. The highest BCUT2D eigenvalue weighted by Crippen LogP contribution is 2.46. The molecule has 0 N–H and O–H groups in total. The van der Waals surface area contributed by atoms with Crippen molar-refractivity contribution in [2.45, 2.75) is 11.9 Å². The van der Waals surface area contributed by atoms with Crippen LogP contribution in [0.1, 0.15) is 6.04 Å². The number of aromatic nitrogens is 2. The monoisotopic (exact) mass is 482 g/mol. The molecule has 0 radical (unpaired) electrons. The average molecular weight is 482 g/mol. The van der Waals surface area contributed by atoms with E-state index in [1.165, 1.54) is 57.5 Å². The molecule has 3 aliphatic rings. The van der Waals surface area contributed by atoms with Crippen molar-refractivity contribution in [2.75, 3.05) is 0 Å². The standard InChI is InChI=1S/C30H19BN2S2/c1-3-11-20-18(9-1)31-19-10-2-4-12-21(19)33-23-14-6-8-16-25(23)35-27-17-26-29(28(31)30(27)33)32(20)22-13-5-7-15-24(22)34-26/h1-18,20H. The highest BCUT2D eigenvalue weighted by atomic mass is 32.1. The van der Waals surface area contributed by atoms with Crippen LogP contribution >= 0.6 is 22.7 Å². The normalized spacial score (nSPS) is 19.1. The van der Waals surface area contributed by atoms with Gasteiger partial charge in [-0.15, -0.1) is 22.7 Å². The second-order valence-electron chi connectivity index (χ2n) is 9.70. The summed E-state index contributed by atoms with van der Waals surface area (Å²) in [6, 6.07) is 29.7. The SMILES string of the molecule is C1=CC2B3c4ccccc4-n4c5ccccc5sc5cc6sc7ccccc7n(c6c3c54)C2C=C1. The summed E-state index contributed by atoms with van der Waals surface area (Å²) < 4.78 is 10.6. The average Bonchev–Trinajstić information content (AvgIpc) is 2.92. The molecular weight excluding hydrogens is 463 g/mol. The van der Waals surface area contributed by atoms with Crippen molar-refractivity contribution in [2.24, 2.45) is 0 Å². The first-order valence-corrected chi connectivity index (χ1v) is 13.8.